The highest BCUT2D eigenvalue weighted by Crippen LogP contribution is 2.48. The zero-order valence-electron chi connectivity index (χ0n) is 17.8. The van der Waals surface area contributed by atoms with E-state index in [0.29, 0.717) is 39.7 Å². The summed E-state index contributed by atoms with van der Waals surface area (Å²) in [6.45, 7) is 2.01. The maximum atomic E-state index is 13.3. The minimum atomic E-state index is -0.511. The van der Waals surface area contributed by atoms with Crippen molar-refractivity contribution in [3.8, 4) is 11.5 Å². The molecule has 0 bridgehead atoms. The molecule has 32 heavy (non-hydrogen) atoms. The van der Waals surface area contributed by atoms with Crippen LogP contribution in [0, 0.1) is 0 Å². The van der Waals surface area contributed by atoms with Crippen molar-refractivity contribution in [2.45, 2.75) is 12.8 Å². The van der Waals surface area contributed by atoms with Crippen molar-refractivity contribution in [3.63, 3.8) is 0 Å². The van der Waals surface area contributed by atoms with Crippen LogP contribution in [0.4, 0.5) is 5.82 Å². The highest BCUT2D eigenvalue weighted by atomic mass is 16.7. The molecule has 0 spiro atoms. The van der Waals surface area contributed by atoms with Crippen LogP contribution in [0.25, 0.3) is 5.70 Å². The number of carbonyl (C=O) groups excluding carboxylic acids is 1. The van der Waals surface area contributed by atoms with Crippen molar-refractivity contribution < 1.29 is 14.3 Å². The molecule has 3 heterocycles. The zero-order valence-corrected chi connectivity index (χ0v) is 17.8. The van der Waals surface area contributed by atoms with Gasteiger partial charge in [-0.15, -0.1) is 0 Å². The van der Waals surface area contributed by atoms with Crippen LogP contribution in [0.2, 0.25) is 0 Å². The van der Waals surface area contributed by atoms with E-state index < -0.39 is 11.6 Å². The number of para-hydroxylation sites is 1. The van der Waals surface area contributed by atoms with Crippen LogP contribution in [-0.2, 0) is 14.1 Å². The molecule has 1 atom stereocenters. The first-order valence-electron chi connectivity index (χ1n) is 10.1. The first-order chi connectivity index (χ1) is 15.4. The molecule has 8 heteroatoms. The highest BCUT2D eigenvalue weighted by Gasteiger charge is 2.36. The number of hydrogen-bond donors (Lipinski definition) is 1. The Bertz CT molecular complexity index is 1430. The average molecular weight is 431 g/mol. The second-order valence-corrected chi connectivity index (χ2v) is 7.87. The van der Waals surface area contributed by atoms with E-state index in [2.05, 4.69) is 5.32 Å². The maximum absolute atomic E-state index is 13.3. The summed E-state index contributed by atoms with van der Waals surface area (Å²) in [7, 11) is 3.08. The number of ether oxygens (including phenoxy) is 2. The van der Waals surface area contributed by atoms with Crippen LogP contribution in [0.1, 0.15) is 39.9 Å². The number of carbonyl (C=O) groups is 1. The Balaban J connectivity index is 1.88. The number of hydrogen-bond acceptors (Lipinski definition) is 6. The molecule has 0 amide bonds. The molecule has 1 aromatic heterocycles. The van der Waals surface area contributed by atoms with Crippen LogP contribution in [-0.4, -0.2) is 22.2 Å². The van der Waals surface area contributed by atoms with Crippen molar-refractivity contribution >= 4 is 17.8 Å². The van der Waals surface area contributed by atoms with Crippen LogP contribution in [0.15, 0.2) is 57.6 Å². The van der Waals surface area contributed by atoms with Crippen LogP contribution in [0.3, 0.4) is 0 Å². The molecule has 162 valence electrons. The summed E-state index contributed by atoms with van der Waals surface area (Å²) < 4.78 is 13.8. The number of anilines is 1. The molecule has 1 N–H and O–H groups in total. The molecule has 2 aromatic carbocycles. The number of aromatic nitrogens is 2. The Hall–Kier alpha value is -4.07. The molecule has 8 nitrogen and oxygen atoms in total. The van der Waals surface area contributed by atoms with Gasteiger partial charge in [-0.2, -0.15) is 0 Å². The van der Waals surface area contributed by atoms with Crippen molar-refractivity contribution in [1.82, 2.24) is 9.13 Å². The van der Waals surface area contributed by atoms with E-state index in [1.165, 1.54) is 11.6 Å². The summed E-state index contributed by atoms with van der Waals surface area (Å²) in [5.41, 5.74) is 3.05. The molecular formula is C24H21N3O5. The largest absolute Gasteiger partial charge is 0.454 e. The van der Waals surface area contributed by atoms with E-state index in [9.17, 15) is 14.4 Å². The third-order valence-electron chi connectivity index (χ3n) is 6.15. The quantitative estimate of drug-likeness (QED) is 0.641. The highest BCUT2D eigenvalue weighted by molar-refractivity contribution is 5.92. The molecule has 1 unspecified atom stereocenters. The fourth-order valence-corrected chi connectivity index (χ4v) is 4.54. The van der Waals surface area contributed by atoms with Gasteiger partial charge in [0.2, 0.25) is 6.79 Å². The minimum absolute atomic E-state index is 0.0963. The van der Waals surface area contributed by atoms with E-state index in [0.717, 1.165) is 22.0 Å². The van der Waals surface area contributed by atoms with Gasteiger partial charge in [0, 0.05) is 42.4 Å². The van der Waals surface area contributed by atoms with Gasteiger partial charge < -0.3 is 14.8 Å². The number of nitrogens with zero attached hydrogens (tertiary/aromatic N) is 2. The van der Waals surface area contributed by atoms with E-state index in [4.69, 9.17) is 9.47 Å². The molecule has 0 radical (unpaired) electrons. The van der Waals surface area contributed by atoms with Gasteiger partial charge in [0.25, 0.3) is 5.56 Å². The van der Waals surface area contributed by atoms with Crippen LogP contribution < -0.4 is 26.0 Å². The Morgan fingerprint density at radius 1 is 1.03 bits per heavy atom. The Morgan fingerprint density at radius 2 is 1.81 bits per heavy atom. The van der Waals surface area contributed by atoms with Gasteiger partial charge in [0.1, 0.15) is 5.82 Å². The van der Waals surface area contributed by atoms with Crippen molar-refractivity contribution in [2.24, 2.45) is 14.1 Å². The number of fused-ring (bicyclic) bond motifs is 2. The van der Waals surface area contributed by atoms with Gasteiger partial charge in [0.05, 0.1) is 5.56 Å². The second kappa shape index (κ2) is 7.26. The molecule has 2 aliphatic rings. The molecule has 0 aliphatic carbocycles. The van der Waals surface area contributed by atoms with Gasteiger partial charge in [-0.05, 0) is 18.6 Å². The summed E-state index contributed by atoms with van der Waals surface area (Å²) in [6.07, 6.45) is 0.794. The molecular weight excluding hydrogens is 410 g/mol. The van der Waals surface area contributed by atoms with Crippen molar-refractivity contribution in [1.29, 1.82) is 0 Å². The third kappa shape index (κ3) is 2.72. The lowest BCUT2D eigenvalue weighted by Gasteiger charge is -2.32. The molecule has 0 saturated heterocycles. The fraction of sp³-hybridized carbons (Fsp3) is 0.208. The Kier molecular flexibility index (Phi) is 4.51. The first-order valence-corrected chi connectivity index (χ1v) is 10.1. The maximum Gasteiger partial charge on any atom is 0.332 e. The molecule has 0 saturated carbocycles. The first kappa shape index (κ1) is 19.9. The van der Waals surface area contributed by atoms with Gasteiger partial charge in [-0.25, -0.2) is 4.79 Å². The van der Waals surface area contributed by atoms with Gasteiger partial charge in [-0.3, -0.25) is 18.7 Å². The normalized spacial score (nSPS) is 16.5. The topological polar surface area (TPSA) is 91.6 Å². The van der Waals surface area contributed by atoms with Crippen molar-refractivity contribution in [2.75, 3.05) is 12.1 Å². The predicted octanol–water partition coefficient (Wildman–Crippen LogP) is 2.61. The number of benzene rings is 2. The number of nitrogens with one attached hydrogen (secondary N) is 1. The summed E-state index contributed by atoms with van der Waals surface area (Å²) in [5.74, 6) is 1.06. The molecule has 5 rings (SSSR count). The number of aldehydes is 1. The lowest BCUT2D eigenvalue weighted by molar-refractivity contribution is 0.112. The summed E-state index contributed by atoms with van der Waals surface area (Å²) in [4.78, 5) is 37.8. The van der Waals surface area contributed by atoms with Crippen LogP contribution in [0.5, 0.6) is 11.5 Å². The smallest absolute Gasteiger partial charge is 0.332 e. The summed E-state index contributed by atoms with van der Waals surface area (Å²) >= 11 is 0. The minimum Gasteiger partial charge on any atom is -0.454 e. The van der Waals surface area contributed by atoms with Gasteiger partial charge in [-0.1, -0.05) is 36.4 Å². The van der Waals surface area contributed by atoms with Gasteiger partial charge >= 0.3 is 5.69 Å². The third-order valence-corrected chi connectivity index (χ3v) is 6.15. The lowest BCUT2D eigenvalue weighted by atomic mass is 9.80. The zero-order chi connectivity index (χ0) is 22.6. The molecule has 2 aliphatic heterocycles. The van der Waals surface area contributed by atoms with E-state index in [-0.39, 0.29) is 12.4 Å². The standard InChI is InChI=1S/C24H21N3O5/c1-13-18(16-9-6-10-17-21(16)32-12-31-17)19-22(26(2)24(30)27(3)23(19)29)25-20(13)15-8-5-4-7-14(15)11-28/h4-11,18,25H,12H2,1-3H3. The number of rotatable bonds is 3. The molecule has 0 fully saturated rings. The van der Waals surface area contributed by atoms with E-state index >= 15 is 0 Å². The summed E-state index contributed by atoms with van der Waals surface area (Å²) in [6, 6.07) is 12.8. The average Bonchev–Trinajstić information content (AvgIpc) is 3.30. The monoisotopic (exact) mass is 431 g/mol. The van der Waals surface area contributed by atoms with Gasteiger partial charge in [0.15, 0.2) is 17.8 Å². The lowest BCUT2D eigenvalue weighted by Crippen LogP contribution is -2.42. The van der Waals surface area contributed by atoms with Crippen LogP contribution >= 0.6 is 0 Å². The predicted molar refractivity (Wildman–Crippen MR) is 119 cm³/mol. The van der Waals surface area contributed by atoms with E-state index in [1.807, 2.05) is 37.3 Å². The fourth-order valence-electron chi connectivity index (χ4n) is 4.54. The summed E-state index contributed by atoms with van der Waals surface area (Å²) in [5, 5.41) is 3.28. The van der Waals surface area contributed by atoms with Crippen molar-refractivity contribution in [3.05, 3.63) is 91.1 Å². The Labute approximate surface area is 183 Å². The van der Waals surface area contributed by atoms with E-state index in [1.54, 1.807) is 19.2 Å². The SMILES string of the molecule is CC1=C(c2ccccc2C=O)Nc2c(c(=O)n(C)c(=O)n2C)C1c1cccc2c1OCO2. The second-order valence-electron chi connectivity index (χ2n) is 7.87. The molecule has 3 aromatic rings. The Morgan fingerprint density at radius 3 is 2.59 bits per heavy atom. The number of allylic oxidation sites excluding steroid dienone is 1.